The molecule has 1 aliphatic heterocycles. The van der Waals surface area contributed by atoms with Crippen molar-refractivity contribution in [2.45, 2.75) is 19.4 Å². The van der Waals surface area contributed by atoms with Gasteiger partial charge in [-0.15, -0.1) is 0 Å². The number of benzene rings is 1. The molecule has 2 unspecified atom stereocenters. The Kier molecular flexibility index (Phi) is 4.49. The van der Waals surface area contributed by atoms with Gasteiger partial charge in [0.25, 0.3) is 11.5 Å². The number of carbonyl (C=O) groups excluding carboxylic acids is 1. The van der Waals surface area contributed by atoms with Crippen molar-refractivity contribution in [1.82, 2.24) is 20.0 Å². The van der Waals surface area contributed by atoms with E-state index in [9.17, 15) is 9.59 Å². The molecule has 27 heavy (non-hydrogen) atoms. The number of hydrogen-bond donors (Lipinski definition) is 1. The first-order chi connectivity index (χ1) is 13.0. The molecule has 1 N–H and O–H groups in total. The lowest BCUT2D eigenvalue weighted by Gasteiger charge is -2.18. The second-order valence-corrected chi connectivity index (χ2v) is 6.83. The number of fused-ring (bicyclic) bond motifs is 1. The zero-order valence-corrected chi connectivity index (χ0v) is 15.1. The summed E-state index contributed by atoms with van der Waals surface area (Å²) in [5.41, 5.74) is 1.56. The highest BCUT2D eigenvalue weighted by atomic mass is 16.5. The fourth-order valence-corrected chi connectivity index (χ4v) is 3.39. The Morgan fingerprint density at radius 1 is 1.33 bits per heavy atom. The number of nitrogens with one attached hydrogen (secondary N) is 1. The molecule has 8 heteroatoms. The van der Waals surface area contributed by atoms with Crippen LogP contribution in [-0.4, -0.2) is 39.9 Å². The second-order valence-electron chi connectivity index (χ2n) is 6.83. The van der Waals surface area contributed by atoms with E-state index in [1.165, 1.54) is 4.57 Å². The molecular formula is C19H20N4O4. The van der Waals surface area contributed by atoms with Crippen LogP contribution in [-0.2, 0) is 18.2 Å². The maximum absolute atomic E-state index is 12.7. The van der Waals surface area contributed by atoms with E-state index in [0.29, 0.717) is 30.7 Å². The highest BCUT2D eigenvalue weighted by Gasteiger charge is 2.32. The monoisotopic (exact) mass is 368 g/mol. The second kappa shape index (κ2) is 6.96. The molecule has 1 saturated heterocycles. The first kappa shape index (κ1) is 17.4. The predicted molar refractivity (Wildman–Crippen MR) is 97.5 cm³/mol. The highest BCUT2D eigenvalue weighted by Crippen LogP contribution is 2.20. The largest absolute Gasteiger partial charge is 0.379 e. The number of carbonyl (C=O) groups is 1. The molecule has 8 nitrogen and oxygen atoms in total. The van der Waals surface area contributed by atoms with Gasteiger partial charge in [-0.25, -0.2) is 4.98 Å². The number of aromatic nitrogens is 3. The normalized spacial score (nSPS) is 19.5. The van der Waals surface area contributed by atoms with Crippen LogP contribution in [0.15, 0.2) is 39.6 Å². The van der Waals surface area contributed by atoms with E-state index in [2.05, 4.69) is 15.5 Å². The molecule has 0 radical (unpaired) electrons. The number of hydrogen-bond acceptors (Lipinski definition) is 6. The van der Waals surface area contributed by atoms with Crippen molar-refractivity contribution in [1.29, 1.82) is 0 Å². The van der Waals surface area contributed by atoms with E-state index in [-0.39, 0.29) is 17.7 Å². The van der Waals surface area contributed by atoms with E-state index < -0.39 is 11.5 Å². The summed E-state index contributed by atoms with van der Waals surface area (Å²) in [4.78, 5) is 29.6. The minimum atomic E-state index is -0.490. The van der Waals surface area contributed by atoms with Crippen molar-refractivity contribution in [3.8, 4) is 0 Å². The fourth-order valence-electron chi connectivity index (χ4n) is 3.39. The number of amides is 1. The Bertz CT molecular complexity index is 1060. The fraction of sp³-hybridized carbons (Fsp3) is 0.368. The third kappa shape index (κ3) is 3.35. The van der Waals surface area contributed by atoms with Gasteiger partial charge in [0, 0.05) is 25.5 Å². The number of aryl methyl sites for hydroxylation is 2. The topological polar surface area (TPSA) is 99.2 Å². The average molecular weight is 368 g/mol. The van der Waals surface area contributed by atoms with Gasteiger partial charge in [0.2, 0.25) is 0 Å². The van der Waals surface area contributed by atoms with Crippen molar-refractivity contribution in [2.75, 3.05) is 13.2 Å². The SMILES string of the molecule is Cc1cc(CC2COCC2NC(=O)c2nc3ccccc3n(C)c2=O)on1. The molecule has 3 aromatic rings. The van der Waals surface area contributed by atoms with Gasteiger partial charge in [-0.3, -0.25) is 9.59 Å². The van der Waals surface area contributed by atoms with Crippen molar-refractivity contribution < 1.29 is 14.1 Å². The van der Waals surface area contributed by atoms with E-state index in [1.807, 2.05) is 25.1 Å². The molecule has 140 valence electrons. The summed E-state index contributed by atoms with van der Waals surface area (Å²) in [5.74, 6) is 0.309. The van der Waals surface area contributed by atoms with Crippen LogP contribution in [0.1, 0.15) is 21.9 Å². The molecule has 0 spiro atoms. The molecule has 0 aliphatic carbocycles. The van der Waals surface area contributed by atoms with Crippen LogP contribution < -0.4 is 10.9 Å². The highest BCUT2D eigenvalue weighted by molar-refractivity contribution is 5.94. The standard InChI is InChI=1S/C19H20N4O4/c1-11-7-13(27-22-11)8-12-9-26-10-15(12)21-18(24)17-19(25)23(2)16-6-4-3-5-14(16)20-17/h3-7,12,15H,8-10H2,1-2H3,(H,21,24). The number of rotatable bonds is 4. The Hall–Kier alpha value is -3.00. The van der Waals surface area contributed by atoms with Gasteiger partial charge >= 0.3 is 0 Å². The van der Waals surface area contributed by atoms with Gasteiger partial charge < -0.3 is 19.1 Å². The van der Waals surface area contributed by atoms with E-state index in [4.69, 9.17) is 9.26 Å². The molecule has 4 rings (SSSR count). The Labute approximate surface area is 155 Å². The third-order valence-corrected chi connectivity index (χ3v) is 4.85. The van der Waals surface area contributed by atoms with Crippen LogP contribution in [0.4, 0.5) is 0 Å². The zero-order valence-electron chi connectivity index (χ0n) is 15.1. The van der Waals surface area contributed by atoms with Gasteiger partial charge in [-0.2, -0.15) is 0 Å². The minimum Gasteiger partial charge on any atom is -0.379 e. The molecule has 2 aromatic heterocycles. The lowest BCUT2D eigenvalue weighted by molar-refractivity contribution is 0.0917. The molecule has 0 bridgehead atoms. The predicted octanol–water partition coefficient (Wildman–Crippen LogP) is 1.22. The van der Waals surface area contributed by atoms with Crippen LogP contribution in [0.2, 0.25) is 0 Å². The van der Waals surface area contributed by atoms with Crippen LogP contribution in [0, 0.1) is 12.8 Å². The average Bonchev–Trinajstić information content (AvgIpc) is 3.27. The maximum Gasteiger partial charge on any atom is 0.282 e. The first-order valence-electron chi connectivity index (χ1n) is 8.79. The zero-order chi connectivity index (χ0) is 19.0. The lowest BCUT2D eigenvalue weighted by Crippen LogP contribution is -2.43. The summed E-state index contributed by atoms with van der Waals surface area (Å²) < 4.78 is 12.2. The molecule has 1 aliphatic rings. The van der Waals surface area contributed by atoms with Crippen molar-refractivity contribution in [2.24, 2.45) is 13.0 Å². The molecule has 2 atom stereocenters. The van der Waals surface area contributed by atoms with Gasteiger partial charge in [0.05, 0.1) is 36.0 Å². The van der Waals surface area contributed by atoms with Crippen LogP contribution in [0.3, 0.4) is 0 Å². The summed E-state index contributed by atoms with van der Waals surface area (Å²) in [5, 5.41) is 6.79. The molecule has 1 amide bonds. The van der Waals surface area contributed by atoms with Crippen molar-refractivity contribution >= 4 is 16.9 Å². The summed E-state index contributed by atoms with van der Waals surface area (Å²) in [7, 11) is 1.64. The third-order valence-electron chi connectivity index (χ3n) is 4.85. The molecular weight excluding hydrogens is 348 g/mol. The Balaban J connectivity index is 1.55. The van der Waals surface area contributed by atoms with Gasteiger partial charge in [0.1, 0.15) is 5.76 Å². The van der Waals surface area contributed by atoms with Gasteiger partial charge in [-0.1, -0.05) is 17.3 Å². The summed E-state index contributed by atoms with van der Waals surface area (Å²) in [6, 6.07) is 8.88. The molecule has 3 heterocycles. The first-order valence-corrected chi connectivity index (χ1v) is 8.79. The van der Waals surface area contributed by atoms with E-state index in [1.54, 1.807) is 19.2 Å². The number of nitrogens with zero attached hydrogens (tertiary/aromatic N) is 3. The van der Waals surface area contributed by atoms with E-state index in [0.717, 1.165) is 11.5 Å². The smallest absolute Gasteiger partial charge is 0.282 e. The molecule has 1 fully saturated rings. The van der Waals surface area contributed by atoms with Gasteiger partial charge in [0.15, 0.2) is 5.69 Å². The number of ether oxygens (including phenoxy) is 1. The lowest BCUT2D eigenvalue weighted by atomic mass is 9.98. The number of para-hydroxylation sites is 2. The molecule has 0 saturated carbocycles. The van der Waals surface area contributed by atoms with Crippen LogP contribution >= 0.6 is 0 Å². The van der Waals surface area contributed by atoms with Crippen LogP contribution in [0.5, 0.6) is 0 Å². The molecule has 1 aromatic carbocycles. The van der Waals surface area contributed by atoms with Crippen molar-refractivity contribution in [3.05, 3.63) is 57.8 Å². The Morgan fingerprint density at radius 2 is 2.15 bits per heavy atom. The van der Waals surface area contributed by atoms with Crippen LogP contribution in [0.25, 0.3) is 11.0 Å². The Morgan fingerprint density at radius 3 is 2.93 bits per heavy atom. The maximum atomic E-state index is 12.7. The van der Waals surface area contributed by atoms with Crippen molar-refractivity contribution in [3.63, 3.8) is 0 Å². The van der Waals surface area contributed by atoms with E-state index >= 15 is 0 Å². The van der Waals surface area contributed by atoms with Gasteiger partial charge in [-0.05, 0) is 19.1 Å². The summed E-state index contributed by atoms with van der Waals surface area (Å²) in [6.07, 6.45) is 0.606. The summed E-state index contributed by atoms with van der Waals surface area (Å²) >= 11 is 0. The quantitative estimate of drug-likeness (QED) is 0.743. The minimum absolute atomic E-state index is 0.0469. The summed E-state index contributed by atoms with van der Waals surface area (Å²) in [6.45, 7) is 2.75.